The molecule has 102 valence electrons. The van der Waals surface area contributed by atoms with Gasteiger partial charge in [0.05, 0.1) is 6.54 Å². The van der Waals surface area contributed by atoms with E-state index in [1.165, 1.54) is 0 Å². The van der Waals surface area contributed by atoms with Gasteiger partial charge in [-0.05, 0) is 12.8 Å². The molecule has 0 amide bonds. The highest BCUT2D eigenvalue weighted by Gasteiger charge is 2.09. The van der Waals surface area contributed by atoms with Crippen molar-refractivity contribution in [1.29, 1.82) is 0 Å². The molecule has 0 aliphatic carbocycles. The van der Waals surface area contributed by atoms with Gasteiger partial charge in [0.15, 0.2) is 0 Å². The van der Waals surface area contributed by atoms with Crippen molar-refractivity contribution in [2.75, 3.05) is 17.2 Å². The highest BCUT2D eigenvalue weighted by molar-refractivity contribution is 7.09. The summed E-state index contributed by atoms with van der Waals surface area (Å²) in [7, 11) is 0. The fourth-order valence-electron chi connectivity index (χ4n) is 1.79. The molecule has 19 heavy (non-hydrogen) atoms. The standard InChI is InChI=1S/C13H19N5S/c1-3-5-15-12-10(4-2)13(18-9-17-12)16-8-11-14-6-7-19-11/h6-7,9H,3-5,8H2,1-2H3,(H2,15,16,17,18). The molecule has 0 spiro atoms. The molecule has 0 saturated carbocycles. The summed E-state index contributed by atoms with van der Waals surface area (Å²) < 4.78 is 0. The fourth-order valence-corrected chi connectivity index (χ4v) is 2.35. The molecule has 0 atom stereocenters. The van der Waals surface area contributed by atoms with Crippen molar-refractivity contribution in [1.82, 2.24) is 15.0 Å². The lowest BCUT2D eigenvalue weighted by molar-refractivity contribution is 0.943. The van der Waals surface area contributed by atoms with Gasteiger partial charge in [0.1, 0.15) is 23.0 Å². The van der Waals surface area contributed by atoms with Crippen LogP contribution in [0.25, 0.3) is 0 Å². The lowest BCUT2D eigenvalue weighted by Gasteiger charge is -2.13. The number of hydrogen-bond acceptors (Lipinski definition) is 6. The topological polar surface area (TPSA) is 62.7 Å². The van der Waals surface area contributed by atoms with Gasteiger partial charge in [-0.15, -0.1) is 11.3 Å². The predicted molar refractivity (Wildman–Crippen MR) is 79.6 cm³/mol. The Morgan fingerprint density at radius 2 is 1.89 bits per heavy atom. The van der Waals surface area contributed by atoms with E-state index in [9.17, 15) is 0 Å². The number of anilines is 2. The Labute approximate surface area is 117 Å². The third-order valence-corrected chi connectivity index (χ3v) is 3.51. The van der Waals surface area contributed by atoms with Crippen LogP contribution < -0.4 is 10.6 Å². The van der Waals surface area contributed by atoms with Gasteiger partial charge < -0.3 is 10.6 Å². The minimum atomic E-state index is 0.703. The van der Waals surface area contributed by atoms with E-state index in [1.54, 1.807) is 17.7 Å². The zero-order valence-electron chi connectivity index (χ0n) is 11.3. The summed E-state index contributed by atoms with van der Waals surface area (Å²) in [5.74, 6) is 1.83. The Morgan fingerprint density at radius 3 is 2.53 bits per heavy atom. The Kier molecular flexibility index (Phi) is 5.09. The van der Waals surface area contributed by atoms with E-state index in [0.717, 1.165) is 41.6 Å². The second-order valence-electron chi connectivity index (χ2n) is 4.11. The molecule has 5 nitrogen and oxygen atoms in total. The number of nitrogens with zero attached hydrogens (tertiary/aromatic N) is 3. The van der Waals surface area contributed by atoms with Crippen molar-refractivity contribution in [3.8, 4) is 0 Å². The molecule has 0 bridgehead atoms. The fraction of sp³-hybridized carbons (Fsp3) is 0.462. The second-order valence-corrected chi connectivity index (χ2v) is 5.09. The van der Waals surface area contributed by atoms with Crippen LogP contribution in [0.5, 0.6) is 0 Å². The van der Waals surface area contributed by atoms with Crippen LogP contribution in [0, 0.1) is 0 Å². The molecule has 2 heterocycles. The van der Waals surface area contributed by atoms with Gasteiger partial charge in [0.25, 0.3) is 0 Å². The SMILES string of the molecule is CCCNc1ncnc(NCc2nccs2)c1CC. The van der Waals surface area contributed by atoms with Gasteiger partial charge in [-0.2, -0.15) is 0 Å². The second kappa shape index (κ2) is 7.04. The van der Waals surface area contributed by atoms with Crippen molar-refractivity contribution in [3.05, 3.63) is 28.5 Å². The zero-order chi connectivity index (χ0) is 13.5. The number of hydrogen-bond donors (Lipinski definition) is 2. The molecule has 0 radical (unpaired) electrons. The summed E-state index contributed by atoms with van der Waals surface area (Å²) in [6, 6.07) is 0. The summed E-state index contributed by atoms with van der Waals surface area (Å²) in [6.07, 6.45) is 5.39. The molecule has 2 N–H and O–H groups in total. The van der Waals surface area contributed by atoms with Crippen LogP contribution in [0.3, 0.4) is 0 Å². The van der Waals surface area contributed by atoms with Crippen molar-refractivity contribution >= 4 is 23.0 Å². The number of rotatable bonds is 7. The Bertz CT molecular complexity index is 498. The predicted octanol–water partition coefficient (Wildman–Crippen LogP) is 2.93. The maximum Gasteiger partial charge on any atom is 0.135 e. The molecule has 0 aliphatic rings. The van der Waals surface area contributed by atoms with E-state index in [4.69, 9.17) is 0 Å². The molecule has 2 rings (SSSR count). The molecule has 2 aromatic heterocycles. The van der Waals surface area contributed by atoms with Crippen LogP contribution in [0.1, 0.15) is 30.8 Å². The normalized spacial score (nSPS) is 10.4. The van der Waals surface area contributed by atoms with E-state index >= 15 is 0 Å². The number of nitrogens with one attached hydrogen (secondary N) is 2. The van der Waals surface area contributed by atoms with Crippen LogP contribution >= 0.6 is 11.3 Å². The molecular formula is C13H19N5S. The van der Waals surface area contributed by atoms with Gasteiger partial charge in [-0.3, -0.25) is 0 Å². The number of aromatic nitrogens is 3. The first-order chi connectivity index (χ1) is 9.35. The van der Waals surface area contributed by atoms with E-state index in [2.05, 4.69) is 39.4 Å². The van der Waals surface area contributed by atoms with Crippen molar-refractivity contribution in [3.63, 3.8) is 0 Å². The summed E-state index contributed by atoms with van der Waals surface area (Å²) in [6.45, 7) is 5.89. The van der Waals surface area contributed by atoms with Gasteiger partial charge >= 0.3 is 0 Å². The summed E-state index contributed by atoms with van der Waals surface area (Å²) in [4.78, 5) is 12.9. The maximum atomic E-state index is 4.33. The van der Waals surface area contributed by atoms with Gasteiger partial charge in [0, 0.05) is 23.7 Å². The molecule has 0 saturated heterocycles. The Hall–Kier alpha value is -1.69. The average Bonchev–Trinajstić information content (AvgIpc) is 2.96. The minimum absolute atomic E-state index is 0.703. The highest BCUT2D eigenvalue weighted by atomic mass is 32.1. The van der Waals surface area contributed by atoms with Gasteiger partial charge in [-0.25, -0.2) is 15.0 Å². The first-order valence-electron chi connectivity index (χ1n) is 6.55. The van der Waals surface area contributed by atoms with Gasteiger partial charge in [0.2, 0.25) is 0 Å². The van der Waals surface area contributed by atoms with Crippen LogP contribution in [0.2, 0.25) is 0 Å². The lowest BCUT2D eigenvalue weighted by atomic mass is 10.2. The van der Waals surface area contributed by atoms with Crippen molar-refractivity contribution < 1.29 is 0 Å². The third kappa shape index (κ3) is 3.64. The molecule has 0 fully saturated rings. The highest BCUT2D eigenvalue weighted by Crippen LogP contribution is 2.21. The van der Waals surface area contributed by atoms with E-state index in [0.29, 0.717) is 6.54 Å². The molecule has 0 aliphatic heterocycles. The molecule has 2 aromatic rings. The average molecular weight is 277 g/mol. The van der Waals surface area contributed by atoms with Crippen LogP contribution in [0.4, 0.5) is 11.6 Å². The first-order valence-corrected chi connectivity index (χ1v) is 7.43. The van der Waals surface area contributed by atoms with E-state index in [1.807, 2.05) is 11.6 Å². The minimum Gasteiger partial charge on any atom is -0.370 e. The first kappa shape index (κ1) is 13.7. The smallest absolute Gasteiger partial charge is 0.135 e. The summed E-state index contributed by atoms with van der Waals surface area (Å²) in [5.41, 5.74) is 1.13. The van der Waals surface area contributed by atoms with E-state index in [-0.39, 0.29) is 0 Å². The largest absolute Gasteiger partial charge is 0.370 e. The summed E-state index contributed by atoms with van der Waals surface area (Å²) >= 11 is 1.64. The van der Waals surface area contributed by atoms with E-state index < -0.39 is 0 Å². The zero-order valence-corrected chi connectivity index (χ0v) is 12.1. The van der Waals surface area contributed by atoms with Crippen molar-refractivity contribution in [2.24, 2.45) is 0 Å². The molecular weight excluding hydrogens is 258 g/mol. The Morgan fingerprint density at radius 1 is 1.11 bits per heavy atom. The monoisotopic (exact) mass is 277 g/mol. The van der Waals surface area contributed by atoms with Gasteiger partial charge in [-0.1, -0.05) is 13.8 Å². The third-order valence-electron chi connectivity index (χ3n) is 2.73. The maximum absolute atomic E-state index is 4.33. The molecule has 0 aromatic carbocycles. The van der Waals surface area contributed by atoms with Crippen molar-refractivity contribution in [2.45, 2.75) is 33.2 Å². The Balaban J connectivity index is 2.10. The quantitative estimate of drug-likeness (QED) is 0.814. The van der Waals surface area contributed by atoms with Crippen LogP contribution in [0.15, 0.2) is 17.9 Å². The number of thiazole rings is 1. The molecule has 0 unspecified atom stereocenters. The molecule has 6 heteroatoms. The van der Waals surface area contributed by atoms with Crippen LogP contribution in [-0.2, 0) is 13.0 Å². The van der Waals surface area contributed by atoms with Crippen LogP contribution in [-0.4, -0.2) is 21.5 Å². The lowest BCUT2D eigenvalue weighted by Crippen LogP contribution is -2.10. The summed E-state index contributed by atoms with van der Waals surface area (Å²) in [5, 5.41) is 9.72.